The predicted octanol–water partition coefficient (Wildman–Crippen LogP) is 1.34. The van der Waals surface area contributed by atoms with Crippen molar-refractivity contribution < 1.29 is 14.6 Å². The van der Waals surface area contributed by atoms with Crippen LogP contribution in [0.25, 0.3) is 0 Å². The number of carbonyl (C=O) groups is 1. The minimum atomic E-state index is -1.10. The summed E-state index contributed by atoms with van der Waals surface area (Å²) in [6.07, 6.45) is 0.781. The van der Waals surface area contributed by atoms with Crippen molar-refractivity contribution in [1.82, 2.24) is 0 Å². The third-order valence-electron chi connectivity index (χ3n) is 1.82. The first-order chi connectivity index (χ1) is 7.06. The van der Waals surface area contributed by atoms with E-state index in [1.807, 2.05) is 6.92 Å². The number of ether oxygens (including phenoxy) is 1. The molecule has 5 nitrogen and oxygen atoms in total. The van der Waals surface area contributed by atoms with Crippen LogP contribution in [-0.2, 0) is 0 Å². The Hall–Kier alpha value is -1.91. The molecule has 0 aromatic heterocycles. The van der Waals surface area contributed by atoms with Gasteiger partial charge in [-0.05, 0) is 18.6 Å². The van der Waals surface area contributed by atoms with E-state index >= 15 is 0 Å². The van der Waals surface area contributed by atoms with Crippen molar-refractivity contribution in [1.29, 1.82) is 0 Å². The summed E-state index contributed by atoms with van der Waals surface area (Å²) < 4.78 is 5.27. The Bertz CT molecular complexity index is 377. The van der Waals surface area contributed by atoms with E-state index in [1.165, 1.54) is 12.1 Å². The van der Waals surface area contributed by atoms with Crippen molar-refractivity contribution in [2.45, 2.75) is 13.3 Å². The Labute approximate surface area is 87.6 Å². The average molecular weight is 210 g/mol. The monoisotopic (exact) mass is 210 g/mol. The van der Waals surface area contributed by atoms with Crippen molar-refractivity contribution in [2.75, 3.05) is 18.1 Å². The van der Waals surface area contributed by atoms with E-state index < -0.39 is 5.97 Å². The number of carboxylic acid groups (broad SMARTS) is 1. The molecule has 0 heterocycles. The van der Waals surface area contributed by atoms with Gasteiger partial charge in [0.25, 0.3) is 0 Å². The van der Waals surface area contributed by atoms with Crippen LogP contribution in [0.15, 0.2) is 12.1 Å². The number of anilines is 2. The van der Waals surface area contributed by atoms with Gasteiger partial charge in [-0.2, -0.15) is 0 Å². The van der Waals surface area contributed by atoms with E-state index in [0.29, 0.717) is 12.3 Å². The number of aromatic carboxylic acids is 1. The molecule has 0 amide bonds. The fraction of sp³-hybridized carbons (Fsp3) is 0.300. The number of nitrogens with two attached hydrogens (primary N) is 2. The molecule has 0 aliphatic carbocycles. The molecule has 5 heteroatoms. The summed E-state index contributed by atoms with van der Waals surface area (Å²) in [6.45, 7) is 2.35. The summed E-state index contributed by atoms with van der Waals surface area (Å²) in [6, 6.07) is 2.82. The predicted molar refractivity (Wildman–Crippen MR) is 58.0 cm³/mol. The van der Waals surface area contributed by atoms with Gasteiger partial charge in [0.2, 0.25) is 0 Å². The van der Waals surface area contributed by atoms with Crippen molar-refractivity contribution in [3.63, 3.8) is 0 Å². The Morgan fingerprint density at radius 3 is 2.67 bits per heavy atom. The van der Waals surface area contributed by atoms with E-state index in [0.717, 1.165) is 6.42 Å². The number of nitrogen functional groups attached to an aromatic ring is 2. The summed E-state index contributed by atoms with van der Waals surface area (Å²) in [5, 5.41) is 8.92. The molecule has 0 aliphatic rings. The lowest BCUT2D eigenvalue weighted by atomic mass is 10.1. The van der Waals surface area contributed by atoms with Gasteiger partial charge in [-0.15, -0.1) is 0 Å². The van der Waals surface area contributed by atoms with Crippen LogP contribution in [-0.4, -0.2) is 17.7 Å². The molecule has 0 bridgehead atoms. The van der Waals surface area contributed by atoms with Crippen LogP contribution in [0.5, 0.6) is 5.75 Å². The van der Waals surface area contributed by atoms with Crippen LogP contribution in [0.2, 0.25) is 0 Å². The molecular weight excluding hydrogens is 196 g/mol. The Morgan fingerprint density at radius 1 is 1.47 bits per heavy atom. The van der Waals surface area contributed by atoms with Gasteiger partial charge in [-0.1, -0.05) is 6.92 Å². The quantitative estimate of drug-likeness (QED) is 0.651. The second-order valence-corrected chi connectivity index (χ2v) is 3.14. The van der Waals surface area contributed by atoms with Gasteiger partial charge in [-0.25, -0.2) is 4.79 Å². The van der Waals surface area contributed by atoms with Crippen molar-refractivity contribution in [3.8, 4) is 5.75 Å². The first kappa shape index (κ1) is 11.2. The number of rotatable bonds is 4. The van der Waals surface area contributed by atoms with Crippen molar-refractivity contribution in [3.05, 3.63) is 17.7 Å². The highest BCUT2D eigenvalue weighted by molar-refractivity contribution is 5.94. The molecule has 0 unspecified atom stereocenters. The topological polar surface area (TPSA) is 98.6 Å². The smallest absolute Gasteiger partial charge is 0.339 e. The average Bonchev–Trinajstić information content (AvgIpc) is 2.15. The molecule has 1 aromatic rings. The highest BCUT2D eigenvalue weighted by atomic mass is 16.5. The van der Waals surface area contributed by atoms with Crippen molar-refractivity contribution in [2.24, 2.45) is 0 Å². The fourth-order valence-electron chi connectivity index (χ4n) is 1.20. The largest absolute Gasteiger partial charge is 0.491 e. The second-order valence-electron chi connectivity index (χ2n) is 3.14. The van der Waals surface area contributed by atoms with Gasteiger partial charge < -0.3 is 21.3 Å². The summed E-state index contributed by atoms with van der Waals surface area (Å²) in [5.41, 5.74) is 11.7. The molecule has 1 aromatic carbocycles. The highest BCUT2D eigenvalue weighted by Gasteiger charge is 2.15. The Balaban J connectivity index is 3.15. The van der Waals surface area contributed by atoms with Gasteiger partial charge in [0, 0.05) is 5.69 Å². The molecule has 0 saturated carbocycles. The van der Waals surface area contributed by atoms with Gasteiger partial charge in [0.15, 0.2) is 5.75 Å². The maximum absolute atomic E-state index is 10.9. The number of carboxylic acids is 1. The Morgan fingerprint density at radius 2 is 2.13 bits per heavy atom. The first-order valence-electron chi connectivity index (χ1n) is 4.61. The maximum Gasteiger partial charge on any atom is 0.339 e. The molecular formula is C10H14N2O3. The molecule has 0 radical (unpaired) electrons. The number of benzene rings is 1. The molecule has 5 N–H and O–H groups in total. The Kier molecular flexibility index (Phi) is 3.38. The van der Waals surface area contributed by atoms with Gasteiger partial charge >= 0.3 is 5.97 Å². The lowest BCUT2D eigenvalue weighted by molar-refractivity contribution is 0.0692. The summed E-state index contributed by atoms with van der Waals surface area (Å²) >= 11 is 0. The third kappa shape index (κ3) is 2.52. The highest BCUT2D eigenvalue weighted by Crippen LogP contribution is 2.29. The molecule has 15 heavy (non-hydrogen) atoms. The van der Waals surface area contributed by atoms with Crippen LogP contribution in [0, 0.1) is 0 Å². The number of hydrogen-bond donors (Lipinski definition) is 3. The lowest BCUT2D eigenvalue weighted by Crippen LogP contribution is -2.07. The zero-order valence-electron chi connectivity index (χ0n) is 8.49. The molecule has 0 atom stereocenters. The lowest BCUT2D eigenvalue weighted by Gasteiger charge is -2.11. The van der Waals surface area contributed by atoms with Gasteiger partial charge in [0.05, 0.1) is 12.3 Å². The number of hydrogen-bond acceptors (Lipinski definition) is 4. The normalized spacial score (nSPS) is 9.93. The fourth-order valence-corrected chi connectivity index (χ4v) is 1.20. The van der Waals surface area contributed by atoms with Crippen LogP contribution in [0.4, 0.5) is 11.4 Å². The van der Waals surface area contributed by atoms with Crippen LogP contribution >= 0.6 is 0 Å². The van der Waals surface area contributed by atoms with Crippen LogP contribution < -0.4 is 16.2 Å². The zero-order valence-corrected chi connectivity index (χ0v) is 8.49. The first-order valence-corrected chi connectivity index (χ1v) is 4.61. The molecule has 82 valence electrons. The summed E-state index contributed by atoms with van der Waals surface area (Å²) in [5.74, 6) is -0.904. The molecule has 0 fully saturated rings. The van der Waals surface area contributed by atoms with E-state index in [1.54, 1.807) is 0 Å². The summed E-state index contributed by atoms with van der Waals surface area (Å²) in [4.78, 5) is 10.9. The van der Waals surface area contributed by atoms with Crippen LogP contribution in [0.1, 0.15) is 23.7 Å². The molecule has 0 saturated heterocycles. The minimum Gasteiger partial charge on any atom is -0.491 e. The molecule has 0 aliphatic heterocycles. The zero-order chi connectivity index (χ0) is 11.4. The van der Waals surface area contributed by atoms with E-state index in [2.05, 4.69) is 0 Å². The molecule has 1 rings (SSSR count). The summed E-state index contributed by atoms with van der Waals surface area (Å²) in [7, 11) is 0. The minimum absolute atomic E-state index is 0.000880. The van der Waals surface area contributed by atoms with Crippen molar-refractivity contribution >= 4 is 17.3 Å². The van der Waals surface area contributed by atoms with Gasteiger partial charge in [0.1, 0.15) is 5.56 Å². The molecule has 0 spiro atoms. The second kappa shape index (κ2) is 4.54. The van der Waals surface area contributed by atoms with E-state index in [4.69, 9.17) is 21.3 Å². The van der Waals surface area contributed by atoms with Crippen LogP contribution in [0.3, 0.4) is 0 Å². The van der Waals surface area contributed by atoms with Gasteiger partial charge in [-0.3, -0.25) is 0 Å². The van der Waals surface area contributed by atoms with E-state index in [9.17, 15) is 4.79 Å². The SMILES string of the molecule is CCCOc1c(N)cc(N)cc1C(=O)O. The standard InChI is InChI=1S/C10H14N2O3/c1-2-3-15-9-7(10(13)14)4-6(11)5-8(9)12/h4-5H,2-3,11-12H2,1H3,(H,13,14). The maximum atomic E-state index is 10.9. The van der Waals surface area contributed by atoms with E-state index in [-0.39, 0.29) is 17.0 Å². The third-order valence-corrected chi connectivity index (χ3v) is 1.82.